The topological polar surface area (TPSA) is 48.2 Å². The number of sulfonamides is 1. The third kappa shape index (κ3) is 5.65. The lowest BCUT2D eigenvalue weighted by Crippen LogP contribution is -2.13. The van der Waals surface area contributed by atoms with Crippen LogP contribution in [0.4, 0.5) is 0 Å². The molecule has 0 aliphatic carbocycles. The van der Waals surface area contributed by atoms with Gasteiger partial charge in [-0.2, -0.15) is 0 Å². The molecule has 0 fully saturated rings. The van der Waals surface area contributed by atoms with E-state index in [4.69, 9.17) is 0 Å². The van der Waals surface area contributed by atoms with Crippen molar-refractivity contribution in [3.63, 3.8) is 0 Å². The van der Waals surface area contributed by atoms with Crippen molar-refractivity contribution in [1.29, 1.82) is 0 Å². The summed E-state index contributed by atoms with van der Waals surface area (Å²) < 4.78 is 23.6. The highest BCUT2D eigenvalue weighted by Crippen LogP contribution is 1.74. The summed E-state index contributed by atoms with van der Waals surface area (Å²) in [6.45, 7) is 3.48. The van der Waals surface area contributed by atoms with Crippen molar-refractivity contribution < 1.29 is 8.42 Å². The Hall–Kier alpha value is -0.350. The second-order valence-electron chi connectivity index (χ2n) is 1.33. The summed E-state index contributed by atoms with van der Waals surface area (Å²) in [6, 6.07) is 0. The molecule has 0 saturated heterocycles. The molecule has 0 bridgehead atoms. The Balaban J connectivity index is 3.57. The quantitative estimate of drug-likeness (QED) is 0.499. The third-order valence-electron chi connectivity index (χ3n) is 0.438. The van der Waals surface area contributed by atoms with Gasteiger partial charge in [0.15, 0.2) is 0 Å². The van der Waals surface area contributed by atoms with Crippen LogP contribution < -0.4 is 4.72 Å². The second kappa shape index (κ2) is 2.84. The number of hydrogen-bond acceptors (Lipinski definition) is 2. The van der Waals surface area contributed by atoms with E-state index in [1.807, 2.05) is 0 Å². The molecule has 0 rings (SSSR count). The normalized spacial score (nSPS) is 11.1. The van der Waals surface area contributed by atoms with E-state index < -0.39 is 10.0 Å². The van der Waals surface area contributed by atoms with Crippen molar-refractivity contribution in [3.05, 3.63) is 12.7 Å². The van der Waals surface area contributed by atoms with E-state index >= 15 is 0 Å². The molecule has 0 spiro atoms. The molecule has 0 aromatic heterocycles. The molecule has 8 heavy (non-hydrogen) atoms. The number of rotatable bonds is 3. The molecular weight excluding hydrogens is 126 g/mol. The first kappa shape index (κ1) is 7.65. The molecule has 0 saturated carbocycles. The van der Waals surface area contributed by atoms with Gasteiger partial charge in [0.1, 0.15) is 0 Å². The standard InChI is InChI=1S/C4H8NO2S/c1-3-4-5-8(2,6)7/h3H,1,4H2,2H3. The van der Waals surface area contributed by atoms with E-state index in [1.165, 1.54) is 6.08 Å². The lowest BCUT2D eigenvalue weighted by atomic mass is 10.7. The highest BCUT2D eigenvalue weighted by atomic mass is 32.2. The van der Waals surface area contributed by atoms with Crippen LogP contribution in [0.1, 0.15) is 0 Å². The SMILES string of the molecule is C=CC[N]S(C)(=O)=O. The van der Waals surface area contributed by atoms with Gasteiger partial charge in [0.05, 0.1) is 6.26 Å². The van der Waals surface area contributed by atoms with E-state index in [-0.39, 0.29) is 6.54 Å². The molecule has 0 aromatic carbocycles. The molecule has 0 aliphatic heterocycles. The maximum atomic E-state index is 10.2. The van der Waals surface area contributed by atoms with E-state index in [1.54, 1.807) is 0 Å². The summed E-state index contributed by atoms with van der Waals surface area (Å²) >= 11 is 0. The van der Waals surface area contributed by atoms with Gasteiger partial charge in [-0.1, -0.05) is 6.08 Å². The molecule has 0 heterocycles. The van der Waals surface area contributed by atoms with Crippen molar-refractivity contribution in [2.45, 2.75) is 0 Å². The second-order valence-corrected chi connectivity index (χ2v) is 3.06. The average molecular weight is 134 g/mol. The van der Waals surface area contributed by atoms with E-state index in [0.29, 0.717) is 0 Å². The van der Waals surface area contributed by atoms with Crippen molar-refractivity contribution in [2.75, 3.05) is 12.8 Å². The van der Waals surface area contributed by atoms with Crippen LogP contribution in [-0.2, 0) is 10.0 Å². The zero-order chi connectivity index (χ0) is 6.62. The van der Waals surface area contributed by atoms with Gasteiger partial charge in [-0.05, 0) is 0 Å². The largest absolute Gasteiger partial charge is 0.225 e. The zero-order valence-electron chi connectivity index (χ0n) is 4.66. The zero-order valence-corrected chi connectivity index (χ0v) is 5.48. The van der Waals surface area contributed by atoms with Gasteiger partial charge < -0.3 is 0 Å². The highest BCUT2D eigenvalue weighted by molar-refractivity contribution is 7.88. The molecule has 1 radical (unpaired) electrons. The predicted molar refractivity (Wildman–Crippen MR) is 32.0 cm³/mol. The molecule has 4 heteroatoms. The Bertz CT molecular complexity index is 159. The van der Waals surface area contributed by atoms with Gasteiger partial charge in [-0.3, -0.25) is 0 Å². The fraction of sp³-hybridized carbons (Fsp3) is 0.500. The molecule has 0 amide bonds. The van der Waals surface area contributed by atoms with Crippen LogP contribution in [0.25, 0.3) is 0 Å². The van der Waals surface area contributed by atoms with Crippen molar-refractivity contribution in [3.8, 4) is 0 Å². The van der Waals surface area contributed by atoms with E-state index in [9.17, 15) is 8.42 Å². The smallest absolute Gasteiger partial charge is 0.211 e. The van der Waals surface area contributed by atoms with Crippen LogP contribution in [0.15, 0.2) is 12.7 Å². The summed E-state index contributed by atoms with van der Waals surface area (Å²) in [6.07, 6.45) is 2.48. The summed E-state index contributed by atoms with van der Waals surface area (Å²) in [7, 11) is -3.13. The summed E-state index contributed by atoms with van der Waals surface area (Å²) in [5.74, 6) is 0. The first-order valence-electron chi connectivity index (χ1n) is 2.06. The van der Waals surface area contributed by atoms with Crippen LogP contribution in [0.5, 0.6) is 0 Å². The minimum Gasteiger partial charge on any atom is -0.211 e. The van der Waals surface area contributed by atoms with Gasteiger partial charge in [0.2, 0.25) is 10.0 Å². The summed E-state index contributed by atoms with van der Waals surface area (Å²) in [4.78, 5) is 0. The van der Waals surface area contributed by atoms with Crippen molar-refractivity contribution in [1.82, 2.24) is 4.72 Å². The van der Waals surface area contributed by atoms with Gasteiger partial charge in [-0.15, -0.1) is 11.3 Å². The lowest BCUT2D eigenvalue weighted by molar-refractivity contribution is 0.590. The molecular formula is C4H8NO2S. The predicted octanol–water partition coefficient (Wildman–Crippen LogP) is -0.264. The van der Waals surface area contributed by atoms with E-state index in [2.05, 4.69) is 11.3 Å². The van der Waals surface area contributed by atoms with Gasteiger partial charge >= 0.3 is 0 Å². The van der Waals surface area contributed by atoms with Gasteiger partial charge in [-0.25, -0.2) is 8.42 Å². The Morgan fingerprint density at radius 1 is 1.75 bits per heavy atom. The van der Waals surface area contributed by atoms with Crippen LogP contribution in [-0.4, -0.2) is 21.2 Å². The van der Waals surface area contributed by atoms with Gasteiger partial charge in [0, 0.05) is 6.54 Å². The number of nitrogens with zero attached hydrogens (tertiary/aromatic N) is 1. The van der Waals surface area contributed by atoms with Crippen LogP contribution in [0.2, 0.25) is 0 Å². The fourth-order valence-corrected chi connectivity index (χ4v) is 0.564. The molecule has 0 atom stereocenters. The van der Waals surface area contributed by atoms with Crippen LogP contribution in [0, 0.1) is 0 Å². The van der Waals surface area contributed by atoms with Crippen molar-refractivity contribution in [2.24, 2.45) is 0 Å². The highest BCUT2D eigenvalue weighted by Gasteiger charge is 1.96. The first-order valence-corrected chi connectivity index (χ1v) is 3.91. The van der Waals surface area contributed by atoms with Crippen LogP contribution >= 0.6 is 0 Å². The van der Waals surface area contributed by atoms with E-state index in [0.717, 1.165) is 6.26 Å². The van der Waals surface area contributed by atoms with Crippen molar-refractivity contribution >= 4 is 10.0 Å². The average Bonchev–Trinajstić information content (AvgIpc) is 1.59. The third-order valence-corrected chi connectivity index (χ3v) is 1.06. The molecule has 0 N–H and O–H groups in total. The monoisotopic (exact) mass is 134 g/mol. The molecule has 0 aliphatic rings. The number of hydrogen-bond donors (Lipinski definition) is 0. The molecule has 0 unspecified atom stereocenters. The molecule has 0 aromatic rings. The Morgan fingerprint density at radius 3 is 2.38 bits per heavy atom. The Labute approximate surface area is 49.5 Å². The summed E-state index contributed by atoms with van der Waals surface area (Å²) in [5.41, 5.74) is 0. The minimum atomic E-state index is -3.13. The maximum Gasteiger partial charge on any atom is 0.225 e. The summed E-state index contributed by atoms with van der Waals surface area (Å²) in [5, 5.41) is 0. The van der Waals surface area contributed by atoms with Crippen LogP contribution in [0.3, 0.4) is 0 Å². The molecule has 3 nitrogen and oxygen atoms in total. The molecule has 47 valence electrons. The fourth-order valence-electron chi connectivity index (χ4n) is 0.188. The van der Waals surface area contributed by atoms with Gasteiger partial charge in [0.25, 0.3) is 0 Å². The Morgan fingerprint density at radius 2 is 2.25 bits per heavy atom. The first-order chi connectivity index (χ1) is 3.56. The maximum absolute atomic E-state index is 10.2. The minimum absolute atomic E-state index is 0.179. The Kier molecular flexibility index (Phi) is 2.71. The lowest BCUT2D eigenvalue weighted by Gasteiger charge is -1.89.